The third kappa shape index (κ3) is 6.60. The second kappa shape index (κ2) is 13.9. The van der Waals surface area contributed by atoms with Gasteiger partial charge in [0.15, 0.2) is 0 Å². The molecule has 5 rings (SSSR count). The molecule has 240 valence electrons. The van der Waals surface area contributed by atoms with Crippen LogP contribution in [0.25, 0.3) is 0 Å². The van der Waals surface area contributed by atoms with Gasteiger partial charge in [0.1, 0.15) is 22.3 Å². The topological polar surface area (TPSA) is 88.1 Å². The van der Waals surface area contributed by atoms with Crippen molar-refractivity contribution >= 4 is 34.2 Å². The standard InChI is InChI=1S/C35H47ClN2O5S/c1-6-8-25-17-29(36)12-13-30(25)28-20-38-19-27-10-14-31(27)35(42-5,24(4)39)16-7-9-22(2)23(3)44(41)37-34(40)26-11-15-33(43-21-28)32(38)18-26/h7,11-13,15-18,22-24,27-28,31,39H,6,8-10,14,19-21H2,1-5H3,(H,37,40)/b16-7+. The molecule has 0 radical (unpaired) electrons. The number of halogens is 1. The molecule has 2 bridgehead atoms. The number of amides is 1. The molecule has 3 aliphatic rings. The van der Waals surface area contributed by atoms with E-state index in [9.17, 15) is 14.1 Å². The number of methoxy groups -OCH3 is 1. The number of carbonyl (C=O) groups excluding carboxylic acids is 1. The zero-order chi connectivity index (χ0) is 31.6. The van der Waals surface area contributed by atoms with Crippen LogP contribution in [0.15, 0.2) is 48.6 Å². The summed E-state index contributed by atoms with van der Waals surface area (Å²) in [6.07, 6.45) is 7.95. The third-order valence-electron chi connectivity index (χ3n) is 10.2. The summed E-state index contributed by atoms with van der Waals surface area (Å²) in [5, 5.41) is 11.6. The lowest BCUT2D eigenvalue weighted by Crippen LogP contribution is -2.56. The first-order chi connectivity index (χ1) is 21.1. The van der Waals surface area contributed by atoms with Crippen LogP contribution in [0.5, 0.6) is 5.75 Å². The Morgan fingerprint density at radius 2 is 2.00 bits per heavy atom. The quantitative estimate of drug-likeness (QED) is 0.365. The first-order valence-electron chi connectivity index (χ1n) is 16.0. The number of fused-ring (bicyclic) bond motifs is 2. The van der Waals surface area contributed by atoms with Crippen molar-refractivity contribution in [3.63, 3.8) is 0 Å². The lowest BCUT2D eigenvalue weighted by molar-refractivity contribution is -0.136. The molecule has 8 atom stereocenters. The van der Waals surface area contributed by atoms with E-state index in [0.29, 0.717) is 25.1 Å². The molecule has 44 heavy (non-hydrogen) atoms. The zero-order valence-corrected chi connectivity index (χ0v) is 28.1. The van der Waals surface area contributed by atoms with E-state index < -0.39 is 22.7 Å². The van der Waals surface area contributed by atoms with Crippen LogP contribution in [-0.4, -0.2) is 59.0 Å². The third-order valence-corrected chi connectivity index (χ3v) is 11.9. The minimum absolute atomic E-state index is 0.0411. The van der Waals surface area contributed by atoms with Gasteiger partial charge in [-0.25, -0.2) is 4.21 Å². The lowest BCUT2D eigenvalue weighted by atomic mass is 9.62. The van der Waals surface area contributed by atoms with E-state index in [0.717, 1.165) is 48.7 Å². The molecular formula is C35H47ClN2O5S. The minimum atomic E-state index is -1.57. The number of aliphatic hydroxyl groups is 1. The first-order valence-corrected chi connectivity index (χ1v) is 17.6. The highest BCUT2D eigenvalue weighted by Gasteiger charge is 2.50. The average Bonchev–Trinajstić information content (AvgIpc) is 3.16. The predicted molar refractivity (Wildman–Crippen MR) is 178 cm³/mol. The molecule has 1 saturated carbocycles. The van der Waals surface area contributed by atoms with Gasteiger partial charge in [-0.1, -0.05) is 50.1 Å². The SMILES string of the molecule is CCCc1cc(Cl)ccc1C1COc2ccc3cc2N(C1)CC1CCC1C(OC)(C(C)O)/C=C/CC(C)C(C)S(=O)NC3=O. The number of ether oxygens (including phenoxy) is 2. The molecule has 1 amide bonds. The normalized spacial score (nSPS) is 32.3. The van der Waals surface area contributed by atoms with E-state index in [1.165, 1.54) is 11.1 Å². The highest BCUT2D eigenvalue weighted by molar-refractivity contribution is 7.84. The van der Waals surface area contributed by atoms with Gasteiger partial charge >= 0.3 is 0 Å². The Labute approximate surface area is 269 Å². The van der Waals surface area contributed by atoms with Crippen LogP contribution >= 0.6 is 11.6 Å². The largest absolute Gasteiger partial charge is 0.491 e. The molecule has 8 unspecified atom stereocenters. The van der Waals surface area contributed by atoms with Crippen molar-refractivity contribution in [1.29, 1.82) is 0 Å². The minimum Gasteiger partial charge on any atom is -0.491 e. The Morgan fingerprint density at radius 3 is 2.68 bits per heavy atom. The van der Waals surface area contributed by atoms with Crippen LogP contribution in [0.2, 0.25) is 5.02 Å². The van der Waals surface area contributed by atoms with Gasteiger partial charge in [-0.3, -0.25) is 9.52 Å². The molecule has 2 aliphatic heterocycles. The van der Waals surface area contributed by atoms with Crippen LogP contribution < -0.4 is 14.4 Å². The number of carbonyl (C=O) groups is 1. The van der Waals surface area contributed by atoms with Gasteiger partial charge < -0.3 is 19.5 Å². The molecule has 2 heterocycles. The fourth-order valence-electron chi connectivity index (χ4n) is 7.19. The van der Waals surface area contributed by atoms with Gasteiger partial charge in [0.2, 0.25) is 0 Å². The predicted octanol–water partition coefficient (Wildman–Crippen LogP) is 6.45. The monoisotopic (exact) mass is 642 g/mol. The van der Waals surface area contributed by atoms with Gasteiger partial charge in [0, 0.05) is 36.7 Å². The van der Waals surface area contributed by atoms with Gasteiger partial charge in [0.25, 0.3) is 5.91 Å². The van der Waals surface area contributed by atoms with Crippen molar-refractivity contribution in [2.24, 2.45) is 17.8 Å². The molecule has 0 spiro atoms. The number of nitrogens with one attached hydrogen (secondary N) is 1. The number of aliphatic hydroxyl groups excluding tert-OH is 1. The second-order valence-electron chi connectivity index (χ2n) is 12.9. The smallest absolute Gasteiger partial charge is 0.263 e. The van der Waals surface area contributed by atoms with Crippen molar-refractivity contribution in [2.45, 2.75) is 82.7 Å². The molecule has 2 N–H and O–H groups in total. The van der Waals surface area contributed by atoms with Crippen molar-refractivity contribution in [3.8, 4) is 5.75 Å². The van der Waals surface area contributed by atoms with E-state index >= 15 is 0 Å². The van der Waals surface area contributed by atoms with E-state index in [1.807, 2.05) is 45.0 Å². The maximum Gasteiger partial charge on any atom is 0.263 e. The summed E-state index contributed by atoms with van der Waals surface area (Å²) in [5.74, 6) is 0.868. The van der Waals surface area contributed by atoms with Gasteiger partial charge in [-0.05, 0) is 98.7 Å². The highest BCUT2D eigenvalue weighted by atomic mass is 35.5. The van der Waals surface area contributed by atoms with E-state index in [1.54, 1.807) is 13.2 Å². The molecule has 7 nitrogen and oxygen atoms in total. The van der Waals surface area contributed by atoms with Crippen molar-refractivity contribution in [2.75, 3.05) is 31.7 Å². The first kappa shape index (κ1) is 33.0. The molecule has 9 heteroatoms. The highest BCUT2D eigenvalue weighted by Crippen LogP contribution is 2.48. The zero-order valence-electron chi connectivity index (χ0n) is 26.6. The number of hydrogen-bond donors (Lipinski definition) is 2. The maximum atomic E-state index is 13.4. The summed E-state index contributed by atoms with van der Waals surface area (Å²) in [4.78, 5) is 15.7. The Kier molecular flexibility index (Phi) is 10.4. The van der Waals surface area contributed by atoms with Crippen molar-refractivity contribution in [3.05, 3.63) is 70.3 Å². The Balaban J connectivity index is 1.58. The van der Waals surface area contributed by atoms with Crippen LogP contribution in [0.1, 0.15) is 80.8 Å². The van der Waals surface area contributed by atoms with Crippen molar-refractivity contribution < 1.29 is 23.6 Å². The van der Waals surface area contributed by atoms with Crippen molar-refractivity contribution in [1.82, 2.24) is 4.72 Å². The van der Waals surface area contributed by atoms with E-state index in [2.05, 4.69) is 34.8 Å². The Bertz CT molecular complexity index is 1400. The van der Waals surface area contributed by atoms with Crippen LogP contribution in [0, 0.1) is 17.8 Å². The summed E-state index contributed by atoms with van der Waals surface area (Å²) in [6.45, 7) is 9.84. The average molecular weight is 643 g/mol. The lowest BCUT2D eigenvalue weighted by Gasteiger charge is -2.51. The van der Waals surface area contributed by atoms with Crippen LogP contribution in [0.4, 0.5) is 5.69 Å². The number of rotatable bonds is 5. The maximum absolute atomic E-state index is 13.4. The summed E-state index contributed by atoms with van der Waals surface area (Å²) >= 11 is 6.42. The molecular weight excluding hydrogens is 596 g/mol. The Morgan fingerprint density at radius 1 is 1.20 bits per heavy atom. The number of anilines is 1. The fraction of sp³-hybridized carbons (Fsp3) is 0.571. The molecule has 0 saturated heterocycles. The van der Waals surface area contributed by atoms with Gasteiger partial charge in [-0.15, -0.1) is 0 Å². The van der Waals surface area contributed by atoms with Crippen LogP contribution in [0.3, 0.4) is 0 Å². The summed E-state index contributed by atoms with van der Waals surface area (Å²) < 4.78 is 28.6. The summed E-state index contributed by atoms with van der Waals surface area (Å²) in [7, 11) is 0.118. The number of aryl methyl sites for hydroxylation is 1. The number of benzene rings is 2. The van der Waals surface area contributed by atoms with Gasteiger partial charge in [0.05, 0.1) is 23.6 Å². The second-order valence-corrected chi connectivity index (χ2v) is 14.9. The van der Waals surface area contributed by atoms with Gasteiger partial charge in [-0.2, -0.15) is 0 Å². The van der Waals surface area contributed by atoms with E-state index in [4.69, 9.17) is 21.1 Å². The molecule has 1 aliphatic carbocycles. The molecule has 2 aromatic rings. The number of nitrogens with zero attached hydrogens (tertiary/aromatic N) is 1. The fourth-order valence-corrected chi connectivity index (χ4v) is 8.41. The summed E-state index contributed by atoms with van der Waals surface area (Å²) in [5.41, 5.74) is 2.95. The van der Waals surface area contributed by atoms with E-state index in [-0.39, 0.29) is 34.8 Å². The van der Waals surface area contributed by atoms with Crippen LogP contribution in [-0.2, 0) is 22.1 Å². The molecule has 0 aromatic heterocycles. The summed E-state index contributed by atoms with van der Waals surface area (Å²) in [6, 6.07) is 11.7. The number of hydrogen-bond acceptors (Lipinski definition) is 6. The molecule has 1 fully saturated rings. The molecule has 2 aromatic carbocycles. The number of allylic oxidation sites excluding steroid dienone is 1. The Hall–Kier alpha value is -2.39.